The van der Waals surface area contributed by atoms with Gasteiger partial charge in [-0.1, -0.05) is 0 Å². The molecule has 0 saturated heterocycles. The van der Waals surface area contributed by atoms with Crippen LogP contribution in [0.3, 0.4) is 0 Å². The molecular weight excluding hydrogens is 296 g/mol. The molecule has 0 spiro atoms. The molecule has 0 aromatic heterocycles. The van der Waals surface area contributed by atoms with E-state index in [1.165, 1.54) is 0 Å². The molecule has 1 rings (SSSR count). The van der Waals surface area contributed by atoms with E-state index in [1.54, 1.807) is 7.11 Å². The third-order valence-corrected chi connectivity index (χ3v) is 3.17. The summed E-state index contributed by atoms with van der Waals surface area (Å²) in [5, 5.41) is 6.42. The van der Waals surface area contributed by atoms with E-state index in [-0.39, 0.29) is 6.09 Å². The Morgan fingerprint density at radius 2 is 2.00 bits per heavy atom. The first-order chi connectivity index (χ1) is 10.9. The summed E-state index contributed by atoms with van der Waals surface area (Å²) in [6.07, 6.45) is 1.88. The van der Waals surface area contributed by atoms with Crippen molar-refractivity contribution in [3.8, 4) is 0 Å². The summed E-state index contributed by atoms with van der Waals surface area (Å²) in [4.78, 5) is 18.5. The van der Waals surface area contributed by atoms with Crippen molar-refractivity contribution in [3.05, 3.63) is 0 Å². The molecule has 0 atom stereocenters. The monoisotopic (exact) mass is 328 g/mol. The molecule has 1 fully saturated rings. The number of aliphatic imine (C=N–C) groups is 1. The summed E-state index contributed by atoms with van der Waals surface area (Å²) in [5.41, 5.74) is -0.464. The first-order valence-electron chi connectivity index (χ1n) is 8.38. The van der Waals surface area contributed by atoms with Gasteiger partial charge in [0, 0.05) is 32.8 Å². The van der Waals surface area contributed by atoms with Crippen LogP contribution in [0.15, 0.2) is 4.99 Å². The minimum Gasteiger partial charge on any atom is -0.444 e. The summed E-state index contributed by atoms with van der Waals surface area (Å²) < 4.78 is 10.5. The van der Waals surface area contributed by atoms with Crippen LogP contribution < -0.4 is 10.6 Å². The van der Waals surface area contributed by atoms with Crippen molar-refractivity contribution in [2.75, 3.05) is 39.9 Å². The first-order valence-corrected chi connectivity index (χ1v) is 8.38. The zero-order valence-corrected chi connectivity index (χ0v) is 15.1. The Bertz CT molecular complexity index is 389. The third kappa shape index (κ3) is 8.64. The van der Waals surface area contributed by atoms with Crippen molar-refractivity contribution in [2.24, 2.45) is 4.99 Å². The first kappa shape index (κ1) is 19.5. The lowest BCUT2D eigenvalue weighted by atomic mass is 10.2. The standard InChI is InChI=1S/C16H32N4O3/c1-6-17-14(19-10-12-22-5)18-9-11-20(13-7-8-13)15(21)23-16(2,3)4/h13H,6-12H2,1-5H3,(H2,17,18,19). The summed E-state index contributed by atoms with van der Waals surface area (Å²) >= 11 is 0. The predicted octanol–water partition coefficient (Wildman–Crippen LogP) is 1.59. The van der Waals surface area contributed by atoms with Gasteiger partial charge in [0.2, 0.25) is 0 Å². The Balaban J connectivity index is 2.44. The lowest BCUT2D eigenvalue weighted by molar-refractivity contribution is 0.0238. The van der Waals surface area contributed by atoms with Gasteiger partial charge >= 0.3 is 6.09 Å². The van der Waals surface area contributed by atoms with Crippen LogP contribution in [-0.2, 0) is 9.47 Å². The Hall–Kier alpha value is -1.50. The number of amides is 1. The smallest absolute Gasteiger partial charge is 0.410 e. The largest absolute Gasteiger partial charge is 0.444 e. The summed E-state index contributed by atoms with van der Waals surface area (Å²) in [6, 6.07) is 0.319. The summed E-state index contributed by atoms with van der Waals surface area (Å²) in [7, 11) is 1.66. The lowest BCUT2D eigenvalue weighted by Crippen LogP contribution is -2.45. The van der Waals surface area contributed by atoms with E-state index in [4.69, 9.17) is 9.47 Å². The number of ether oxygens (including phenoxy) is 2. The predicted molar refractivity (Wildman–Crippen MR) is 91.8 cm³/mol. The van der Waals surface area contributed by atoms with Crippen molar-refractivity contribution in [2.45, 2.75) is 52.2 Å². The molecule has 0 bridgehead atoms. The highest BCUT2D eigenvalue weighted by Crippen LogP contribution is 2.27. The second-order valence-corrected chi connectivity index (χ2v) is 6.59. The number of nitrogens with zero attached hydrogens (tertiary/aromatic N) is 2. The maximum atomic E-state index is 12.3. The van der Waals surface area contributed by atoms with Crippen LogP contribution in [-0.4, -0.2) is 68.5 Å². The molecule has 2 N–H and O–H groups in total. The maximum Gasteiger partial charge on any atom is 0.410 e. The molecule has 1 aliphatic carbocycles. The SMILES string of the molecule is CCNC(=NCCOC)NCCN(C(=O)OC(C)(C)C)C1CC1. The number of hydrogen-bond acceptors (Lipinski definition) is 4. The molecule has 0 aliphatic heterocycles. The Labute approximate surface area is 139 Å². The number of carbonyl (C=O) groups is 1. The Kier molecular flexibility index (Phi) is 8.16. The molecule has 0 aromatic carbocycles. The number of nitrogens with one attached hydrogen (secondary N) is 2. The van der Waals surface area contributed by atoms with Gasteiger partial charge in [-0.15, -0.1) is 0 Å². The fraction of sp³-hybridized carbons (Fsp3) is 0.875. The number of carbonyl (C=O) groups excluding carboxylic acids is 1. The van der Waals surface area contributed by atoms with Gasteiger partial charge in [0.05, 0.1) is 13.2 Å². The van der Waals surface area contributed by atoms with Gasteiger partial charge in [0.15, 0.2) is 5.96 Å². The normalized spacial score (nSPS) is 15.3. The summed E-state index contributed by atoms with van der Waals surface area (Å²) in [5.74, 6) is 0.740. The van der Waals surface area contributed by atoms with Crippen LogP contribution in [0.1, 0.15) is 40.5 Å². The highest BCUT2D eigenvalue weighted by atomic mass is 16.6. The molecule has 23 heavy (non-hydrogen) atoms. The molecular formula is C16H32N4O3. The van der Waals surface area contributed by atoms with Crippen LogP contribution in [0.5, 0.6) is 0 Å². The van der Waals surface area contributed by atoms with E-state index in [0.717, 1.165) is 25.3 Å². The number of methoxy groups -OCH3 is 1. The van der Waals surface area contributed by atoms with Crippen LogP contribution in [0.2, 0.25) is 0 Å². The molecule has 7 nitrogen and oxygen atoms in total. The van der Waals surface area contributed by atoms with Gasteiger partial charge in [-0.05, 0) is 40.5 Å². The van der Waals surface area contributed by atoms with E-state index < -0.39 is 5.60 Å². The molecule has 134 valence electrons. The average Bonchev–Trinajstić information content (AvgIpc) is 3.26. The number of guanidine groups is 1. The van der Waals surface area contributed by atoms with Gasteiger partial charge in [0.25, 0.3) is 0 Å². The molecule has 1 saturated carbocycles. The Morgan fingerprint density at radius 3 is 2.52 bits per heavy atom. The van der Waals surface area contributed by atoms with Gasteiger partial charge in [0.1, 0.15) is 5.60 Å². The molecule has 0 aromatic rings. The molecule has 0 heterocycles. The van der Waals surface area contributed by atoms with Crippen molar-refractivity contribution in [1.29, 1.82) is 0 Å². The lowest BCUT2D eigenvalue weighted by Gasteiger charge is -2.27. The van der Waals surface area contributed by atoms with E-state index >= 15 is 0 Å². The minimum absolute atomic E-state index is 0.233. The highest BCUT2D eigenvalue weighted by molar-refractivity contribution is 5.79. The van der Waals surface area contributed by atoms with E-state index in [2.05, 4.69) is 15.6 Å². The fourth-order valence-electron chi connectivity index (χ4n) is 2.01. The zero-order valence-electron chi connectivity index (χ0n) is 15.1. The Morgan fingerprint density at radius 1 is 1.30 bits per heavy atom. The summed E-state index contributed by atoms with van der Waals surface area (Å²) in [6.45, 7) is 10.9. The zero-order chi connectivity index (χ0) is 17.3. The van der Waals surface area contributed by atoms with Crippen molar-refractivity contribution < 1.29 is 14.3 Å². The van der Waals surface area contributed by atoms with Crippen molar-refractivity contribution in [1.82, 2.24) is 15.5 Å². The fourth-order valence-corrected chi connectivity index (χ4v) is 2.01. The quantitative estimate of drug-likeness (QED) is 0.402. The van der Waals surface area contributed by atoms with Gasteiger partial charge in [-0.25, -0.2) is 4.79 Å². The highest BCUT2D eigenvalue weighted by Gasteiger charge is 2.34. The van der Waals surface area contributed by atoms with E-state index in [1.807, 2.05) is 32.6 Å². The number of rotatable bonds is 8. The average molecular weight is 328 g/mol. The van der Waals surface area contributed by atoms with Gasteiger partial charge in [-0.3, -0.25) is 4.99 Å². The van der Waals surface area contributed by atoms with Crippen LogP contribution in [0.4, 0.5) is 4.79 Å². The van der Waals surface area contributed by atoms with Crippen LogP contribution in [0.25, 0.3) is 0 Å². The molecule has 0 radical (unpaired) electrons. The third-order valence-electron chi connectivity index (χ3n) is 3.17. The second kappa shape index (κ2) is 9.60. The van der Waals surface area contributed by atoms with Gasteiger partial charge in [-0.2, -0.15) is 0 Å². The second-order valence-electron chi connectivity index (χ2n) is 6.59. The molecule has 1 aliphatic rings. The van der Waals surface area contributed by atoms with Crippen molar-refractivity contribution >= 4 is 12.1 Å². The topological polar surface area (TPSA) is 75.2 Å². The van der Waals surface area contributed by atoms with E-state index in [0.29, 0.717) is 32.3 Å². The number of hydrogen-bond donors (Lipinski definition) is 2. The van der Waals surface area contributed by atoms with E-state index in [9.17, 15) is 4.79 Å². The molecule has 7 heteroatoms. The van der Waals surface area contributed by atoms with Crippen LogP contribution >= 0.6 is 0 Å². The van der Waals surface area contributed by atoms with Crippen molar-refractivity contribution in [3.63, 3.8) is 0 Å². The minimum atomic E-state index is -0.464. The van der Waals surface area contributed by atoms with Crippen LogP contribution in [0, 0.1) is 0 Å². The molecule has 1 amide bonds. The maximum absolute atomic E-state index is 12.3. The molecule has 0 unspecified atom stereocenters. The van der Waals surface area contributed by atoms with Gasteiger partial charge < -0.3 is 25.0 Å².